The van der Waals surface area contributed by atoms with E-state index in [0.29, 0.717) is 6.42 Å². The van der Waals surface area contributed by atoms with Crippen LogP contribution in [0.25, 0.3) is 11.0 Å². The minimum Gasteiger partial charge on any atom is -0.464 e. The molecule has 3 aromatic rings. The first-order valence-electron chi connectivity index (χ1n) is 9.70. The average Bonchev–Trinajstić information content (AvgIpc) is 3.10. The molecular weight excluding hydrogens is 386 g/mol. The Morgan fingerprint density at radius 3 is 2.55 bits per heavy atom. The number of nitrogens with one attached hydrogen (secondary N) is 1. The largest absolute Gasteiger partial charge is 0.464 e. The Morgan fingerprint density at radius 1 is 1.10 bits per heavy atom. The van der Waals surface area contributed by atoms with E-state index in [1.54, 1.807) is 6.92 Å². The molecule has 3 rings (SSSR count). The summed E-state index contributed by atoms with van der Waals surface area (Å²) < 4.78 is 7.22. The minimum atomic E-state index is -0.713. The molecule has 1 atom stereocenters. The lowest BCUT2D eigenvalue weighted by Gasteiger charge is -2.17. The average molecular weight is 412 g/mol. The van der Waals surface area contributed by atoms with Crippen molar-refractivity contribution >= 4 is 34.7 Å². The van der Waals surface area contributed by atoms with E-state index in [2.05, 4.69) is 21.8 Å². The summed E-state index contributed by atoms with van der Waals surface area (Å²) in [6.07, 6.45) is 0.392. The number of carbonyl (C=O) groups is 2. The maximum atomic E-state index is 12.6. The molecule has 0 aliphatic carbocycles. The van der Waals surface area contributed by atoms with Crippen LogP contribution in [0.4, 0.5) is 0 Å². The molecule has 0 saturated carbocycles. The Hall–Kier alpha value is -2.80. The first kappa shape index (κ1) is 20.9. The number of rotatable bonds is 9. The summed E-state index contributed by atoms with van der Waals surface area (Å²) in [5, 5.41) is 3.61. The van der Waals surface area contributed by atoms with Gasteiger partial charge in [0.05, 0.1) is 23.4 Å². The van der Waals surface area contributed by atoms with Crippen molar-refractivity contribution in [2.75, 3.05) is 12.4 Å². The normalized spacial score (nSPS) is 11.9. The van der Waals surface area contributed by atoms with Gasteiger partial charge in [0.25, 0.3) is 0 Å². The second-order valence-corrected chi connectivity index (χ2v) is 7.42. The number of fused-ring (bicyclic) bond motifs is 1. The van der Waals surface area contributed by atoms with Gasteiger partial charge in [-0.3, -0.25) is 4.79 Å². The van der Waals surface area contributed by atoms with Gasteiger partial charge in [0.1, 0.15) is 6.04 Å². The van der Waals surface area contributed by atoms with Gasteiger partial charge in [-0.15, -0.1) is 0 Å². The second-order valence-electron chi connectivity index (χ2n) is 6.48. The first-order valence-corrected chi connectivity index (χ1v) is 10.7. The first-order chi connectivity index (χ1) is 14.1. The van der Waals surface area contributed by atoms with E-state index >= 15 is 0 Å². The maximum Gasteiger partial charge on any atom is 0.328 e. The lowest BCUT2D eigenvalue weighted by atomic mass is 10.1. The Labute approximate surface area is 174 Å². The molecule has 29 heavy (non-hydrogen) atoms. The predicted octanol–water partition coefficient (Wildman–Crippen LogP) is 3.44. The Kier molecular flexibility index (Phi) is 7.30. The summed E-state index contributed by atoms with van der Waals surface area (Å²) in [4.78, 5) is 29.5. The SMILES string of the molecule is CCOC(=O)C(Cc1ccccc1)NC(=O)CSc1nc2ccccc2n1CC. The lowest BCUT2D eigenvalue weighted by Crippen LogP contribution is -2.44. The van der Waals surface area contributed by atoms with Crippen molar-refractivity contribution < 1.29 is 14.3 Å². The maximum absolute atomic E-state index is 12.6. The molecule has 1 unspecified atom stereocenters. The number of thioether (sulfide) groups is 1. The molecule has 6 nitrogen and oxygen atoms in total. The second kappa shape index (κ2) is 10.1. The third-order valence-electron chi connectivity index (χ3n) is 4.46. The van der Waals surface area contributed by atoms with Crippen LogP contribution in [0.15, 0.2) is 59.8 Å². The summed E-state index contributed by atoms with van der Waals surface area (Å²) >= 11 is 1.37. The summed E-state index contributed by atoms with van der Waals surface area (Å²) in [7, 11) is 0. The van der Waals surface area contributed by atoms with Crippen molar-refractivity contribution in [1.82, 2.24) is 14.9 Å². The van der Waals surface area contributed by atoms with Crippen LogP contribution in [0.2, 0.25) is 0 Å². The molecule has 152 valence electrons. The van der Waals surface area contributed by atoms with E-state index in [0.717, 1.165) is 28.3 Å². The van der Waals surface area contributed by atoms with Crippen molar-refractivity contribution in [3.63, 3.8) is 0 Å². The fraction of sp³-hybridized carbons (Fsp3) is 0.318. The van der Waals surface area contributed by atoms with Crippen LogP contribution >= 0.6 is 11.8 Å². The van der Waals surface area contributed by atoms with Gasteiger partial charge in [0.15, 0.2) is 5.16 Å². The van der Waals surface area contributed by atoms with Crippen LogP contribution in [0.1, 0.15) is 19.4 Å². The molecule has 0 spiro atoms. The fourth-order valence-electron chi connectivity index (χ4n) is 3.12. The van der Waals surface area contributed by atoms with E-state index in [1.165, 1.54) is 11.8 Å². The molecule has 1 amide bonds. The van der Waals surface area contributed by atoms with Gasteiger partial charge < -0.3 is 14.6 Å². The third-order valence-corrected chi connectivity index (χ3v) is 5.43. The van der Waals surface area contributed by atoms with Crippen LogP contribution < -0.4 is 5.32 Å². The van der Waals surface area contributed by atoms with Crippen molar-refractivity contribution in [1.29, 1.82) is 0 Å². The van der Waals surface area contributed by atoms with Crippen molar-refractivity contribution in [2.24, 2.45) is 0 Å². The van der Waals surface area contributed by atoms with E-state index in [1.807, 2.05) is 54.6 Å². The smallest absolute Gasteiger partial charge is 0.328 e. The van der Waals surface area contributed by atoms with Crippen LogP contribution in [-0.2, 0) is 27.3 Å². The number of hydrogen-bond donors (Lipinski definition) is 1. The van der Waals surface area contributed by atoms with E-state index in [4.69, 9.17) is 4.74 Å². The van der Waals surface area contributed by atoms with Gasteiger partial charge in [-0.2, -0.15) is 0 Å². The molecule has 1 N–H and O–H groups in total. The number of nitrogens with zero attached hydrogens (tertiary/aromatic N) is 2. The molecule has 0 saturated heterocycles. The number of aromatic nitrogens is 2. The van der Waals surface area contributed by atoms with E-state index in [9.17, 15) is 9.59 Å². The van der Waals surface area contributed by atoms with Crippen molar-refractivity contribution in [3.8, 4) is 0 Å². The quantitative estimate of drug-likeness (QED) is 0.431. The summed E-state index contributed by atoms with van der Waals surface area (Å²) in [5.74, 6) is -0.470. The highest BCUT2D eigenvalue weighted by molar-refractivity contribution is 7.99. The minimum absolute atomic E-state index is 0.175. The number of amides is 1. The molecule has 0 bridgehead atoms. The zero-order chi connectivity index (χ0) is 20.6. The summed E-state index contributed by atoms with van der Waals surface area (Å²) in [5.41, 5.74) is 2.92. The summed E-state index contributed by atoms with van der Waals surface area (Å²) in [6.45, 7) is 4.85. The van der Waals surface area contributed by atoms with E-state index < -0.39 is 12.0 Å². The van der Waals surface area contributed by atoms with Gasteiger partial charge in [-0.1, -0.05) is 54.2 Å². The number of ether oxygens (including phenoxy) is 1. The van der Waals surface area contributed by atoms with Gasteiger partial charge in [0.2, 0.25) is 5.91 Å². The number of para-hydroxylation sites is 2. The molecule has 0 fully saturated rings. The number of esters is 1. The highest BCUT2D eigenvalue weighted by Crippen LogP contribution is 2.23. The number of aryl methyl sites for hydroxylation is 1. The predicted molar refractivity (Wildman–Crippen MR) is 115 cm³/mol. The zero-order valence-electron chi connectivity index (χ0n) is 16.6. The molecule has 1 heterocycles. The van der Waals surface area contributed by atoms with Crippen molar-refractivity contribution in [2.45, 2.75) is 38.0 Å². The van der Waals surface area contributed by atoms with E-state index in [-0.39, 0.29) is 18.3 Å². The number of hydrogen-bond acceptors (Lipinski definition) is 5. The van der Waals surface area contributed by atoms with Gasteiger partial charge in [-0.05, 0) is 31.5 Å². The highest BCUT2D eigenvalue weighted by atomic mass is 32.2. The molecule has 0 aliphatic rings. The number of carbonyl (C=O) groups excluding carboxylic acids is 2. The highest BCUT2D eigenvalue weighted by Gasteiger charge is 2.23. The molecule has 1 aromatic heterocycles. The molecule has 0 radical (unpaired) electrons. The van der Waals surface area contributed by atoms with Crippen LogP contribution in [0, 0.1) is 0 Å². The van der Waals surface area contributed by atoms with Gasteiger partial charge in [-0.25, -0.2) is 9.78 Å². The zero-order valence-corrected chi connectivity index (χ0v) is 17.4. The van der Waals surface area contributed by atoms with Crippen LogP contribution in [-0.4, -0.2) is 39.8 Å². The van der Waals surface area contributed by atoms with Gasteiger partial charge >= 0.3 is 5.97 Å². The Balaban J connectivity index is 1.66. The van der Waals surface area contributed by atoms with Crippen LogP contribution in [0.5, 0.6) is 0 Å². The van der Waals surface area contributed by atoms with Gasteiger partial charge in [0, 0.05) is 13.0 Å². The monoisotopic (exact) mass is 411 g/mol. The topological polar surface area (TPSA) is 73.2 Å². The molecular formula is C22H25N3O3S. The fourth-order valence-corrected chi connectivity index (χ4v) is 4.01. The number of imidazole rings is 1. The Bertz CT molecular complexity index is 972. The third kappa shape index (κ3) is 5.38. The summed E-state index contributed by atoms with van der Waals surface area (Å²) in [6, 6.07) is 16.8. The standard InChI is InChI=1S/C22H25N3O3S/c1-3-25-19-13-9-8-12-17(19)24-22(25)29-15-20(26)23-18(21(27)28-4-2)14-16-10-6-5-7-11-16/h5-13,18H,3-4,14-15H2,1-2H3,(H,23,26). The Morgan fingerprint density at radius 2 is 1.83 bits per heavy atom. The molecule has 2 aromatic carbocycles. The molecule has 7 heteroatoms. The van der Waals surface area contributed by atoms with Crippen molar-refractivity contribution in [3.05, 3.63) is 60.2 Å². The number of benzene rings is 2. The van der Waals surface area contributed by atoms with Crippen LogP contribution in [0.3, 0.4) is 0 Å². The lowest BCUT2D eigenvalue weighted by molar-refractivity contribution is -0.147. The molecule has 0 aliphatic heterocycles.